The lowest BCUT2D eigenvalue weighted by atomic mass is 9.64. The van der Waals surface area contributed by atoms with E-state index in [0.717, 1.165) is 69.6 Å². The van der Waals surface area contributed by atoms with Crippen LogP contribution in [0, 0.1) is 17.3 Å². The van der Waals surface area contributed by atoms with Gasteiger partial charge in [-0.15, -0.1) is 0 Å². The number of carboxylic acid groups (broad SMARTS) is 1. The smallest absolute Gasteiger partial charge is 0.303 e. The number of piperidine rings is 2. The maximum atomic E-state index is 13.3. The van der Waals surface area contributed by atoms with Crippen molar-refractivity contribution in [3.05, 3.63) is 29.8 Å². The summed E-state index contributed by atoms with van der Waals surface area (Å²) in [6.45, 7) is 6.08. The van der Waals surface area contributed by atoms with Gasteiger partial charge in [0, 0.05) is 42.3 Å². The van der Waals surface area contributed by atoms with E-state index in [0.29, 0.717) is 18.9 Å². The first-order chi connectivity index (χ1) is 15.9. The molecule has 180 valence electrons. The number of hydrogen-bond acceptors (Lipinski definition) is 5. The number of amides is 1. The summed E-state index contributed by atoms with van der Waals surface area (Å²) in [7, 11) is 0. The fraction of sp³-hybridized carbons (Fsp3) is 0.692. The van der Waals surface area contributed by atoms with Gasteiger partial charge in [0.25, 0.3) is 0 Å². The van der Waals surface area contributed by atoms with E-state index in [1.165, 1.54) is 0 Å². The normalized spacial score (nSPS) is 34.3. The largest absolute Gasteiger partial charge is 0.487 e. The van der Waals surface area contributed by atoms with Gasteiger partial charge in [-0.05, 0) is 64.6 Å². The zero-order chi connectivity index (χ0) is 23.1. The van der Waals surface area contributed by atoms with Gasteiger partial charge in [0.15, 0.2) is 0 Å². The molecule has 1 aromatic rings. The zero-order valence-corrected chi connectivity index (χ0v) is 19.6. The molecule has 0 aliphatic carbocycles. The average molecular weight is 457 g/mol. The van der Waals surface area contributed by atoms with Crippen molar-refractivity contribution in [2.75, 3.05) is 32.8 Å². The predicted octanol–water partition coefficient (Wildman–Crippen LogP) is 3.39. The third kappa shape index (κ3) is 4.37. The number of nitrogens with zero attached hydrogens (tertiary/aromatic N) is 1. The topological polar surface area (TPSA) is 88.1 Å². The number of carbonyl (C=O) groups is 2. The first-order valence-electron chi connectivity index (χ1n) is 12.5. The summed E-state index contributed by atoms with van der Waals surface area (Å²) in [5.41, 5.74) is 0.345. The maximum absolute atomic E-state index is 13.3. The zero-order valence-electron chi connectivity index (χ0n) is 19.6. The molecule has 2 N–H and O–H groups in total. The van der Waals surface area contributed by atoms with E-state index in [1.807, 2.05) is 25.1 Å². The molecule has 3 fully saturated rings. The molecule has 0 bridgehead atoms. The molecule has 0 unspecified atom stereocenters. The van der Waals surface area contributed by atoms with Crippen molar-refractivity contribution in [2.45, 2.75) is 63.6 Å². The quantitative estimate of drug-likeness (QED) is 0.722. The third-order valence-corrected chi connectivity index (χ3v) is 8.44. The van der Waals surface area contributed by atoms with E-state index in [2.05, 4.69) is 16.3 Å². The number of rotatable bonds is 4. The number of carboxylic acids is 1. The van der Waals surface area contributed by atoms with Crippen molar-refractivity contribution in [1.29, 1.82) is 0 Å². The Morgan fingerprint density at radius 3 is 2.82 bits per heavy atom. The predicted molar refractivity (Wildman–Crippen MR) is 123 cm³/mol. The molecule has 33 heavy (non-hydrogen) atoms. The van der Waals surface area contributed by atoms with E-state index in [-0.39, 0.29) is 29.8 Å². The molecule has 7 heteroatoms. The van der Waals surface area contributed by atoms with Crippen LogP contribution in [-0.2, 0) is 14.3 Å². The molecule has 4 aliphatic heterocycles. The summed E-state index contributed by atoms with van der Waals surface area (Å²) in [6.07, 6.45) is 5.14. The minimum Gasteiger partial charge on any atom is -0.487 e. The second-order valence-corrected chi connectivity index (χ2v) is 10.8. The number of benzene rings is 1. The molecule has 1 amide bonds. The number of fused-ring (bicyclic) bond motifs is 3. The molecule has 0 radical (unpaired) electrons. The van der Waals surface area contributed by atoms with Gasteiger partial charge in [-0.2, -0.15) is 0 Å². The Morgan fingerprint density at radius 1 is 1.24 bits per heavy atom. The average Bonchev–Trinajstić information content (AvgIpc) is 2.83. The van der Waals surface area contributed by atoms with E-state index in [4.69, 9.17) is 9.47 Å². The fourth-order valence-electron chi connectivity index (χ4n) is 6.59. The molecular weight excluding hydrogens is 420 g/mol. The fourth-order valence-corrected chi connectivity index (χ4v) is 6.59. The van der Waals surface area contributed by atoms with Gasteiger partial charge in [0.05, 0.1) is 12.7 Å². The molecule has 4 heterocycles. The van der Waals surface area contributed by atoms with Crippen LogP contribution in [-0.4, -0.2) is 60.3 Å². The van der Waals surface area contributed by atoms with Crippen LogP contribution in [0.1, 0.15) is 63.5 Å². The van der Waals surface area contributed by atoms with Gasteiger partial charge in [-0.3, -0.25) is 9.59 Å². The van der Waals surface area contributed by atoms with Crippen LogP contribution in [0.15, 0.2) is 24.3 Å². The van der Waals surface area contributed by atoms with Crippen LogP contribution in [0.5, 0.6) is 5.75 Å². The van der Waals surface area contributed by atoms with Crippen molar-refractivity contribution in [1.82, 2.24) is 10.2 Å². The molecule has 4 atom stereocenters. The summed E-state index contributed by atoms with van der Waals surface area (Å²) < 4.78 is 13.1. The second-order valence-electron chi connectivity index (χ2n) is 10.8. The Bertz CT molecular complexity index is 900. The summed E-state index contributed by atoms with van der Waals surface area (Å²) in [6, 6.07) is 7.98. The molecule has 1 aromatic carbocycles. The van der Waals surface area contributed by atoms with Gasteiger partial charge in [0.1, 0.15) is 11.4 Å². The van der Waals surface area contributed by atoms with Gasteiger partial charge in [-0.25, -0.2) is 0 Å². The lowest BCUT2D eigenvalue weighted by molar-refractivity contribution is -0.186. The van der Waals surface area contributed by atoms with Crippen LogP contribution in [0.3, 0.4) is 0 Å². The summed E-state index contributed by atoms with van der Waals surface area (Å²) in [5, 5.41) is 12.7. The summed E-state index contributed by atoms with van der Waals surface area (Å²) in [4.78, 5) is 26.8. The number of hydrogen-bond donors (Lipinski definition) is 2. The van der Waals surface area contributed by atoms with E-state index in [1.54, 1.807) is 0 Å². The highest BCUT2D eigenvalue weighted by molar-refractivity contribution is 5.79. The number of likely N-dealkylation sites (tertiary alicyclic amines) is 1. The minimum absolute atomic E-state index is 0.0504. The highest BCUT2D eigenvalue weighted by Crippen LogP contribution is 2.56. The van der Waals surface area contributed by atoms with Crippen LogP contribution >= 0.6 is 0 Å². The van der Waals surface area contributed by atoms with Crippen LogP contribution in [0.25, 0.3) is 0 Å². The van der Waals surface area contributed by atoms with E-state index >= 15 is 0 Å². The molecule has 7 nitrogen and oxygen atoms in total. The Kier molecular flexibility index (Phi) is 6.12. The Labute approximate surface area is 195 Å². The maximum Gasteiger partial charge on any atom is 0.303 e. The molecule has 3 saturated heterocycles. The SMILES string of the molecule is C[C@]1(CCC(=O)O)Oc2ccccc2[C@@H]2OC[C@]3(CCCN(C(=O)C4CCNCC4)C3)C[C@H]21. The number of carbonyl (C=O) groups excluding carboxylic acids is 1. The first kappa shape index (κ1) is 22.7. The molecule has 0 aromatic heterocycles. The van der Waals surface area contributed by atoms with Crippen LogP contribution < -0.4 is 10.1 Å². The summed E-state index contributed by atoms with van der Waals surface area (Å²) >= 11 is 0. The Balaban J connectivity index is 1.38. The van der Waals surface area contributed by atoms with Crippen molar-refractivity contribution in [3.63, 3.8) is 0 Å². The van der Waals surface area contributed by atoms with Crippen molar-refractivity contribution in [2.24, 2.45) is 17.3 Å². The summed E-state index contributed by atoms with van der Waals surface area (Å²) in [5.74, 6) is 0.474. The second kappa shape index (κ2) is 8.91. The Morgan fingerprint density at radius 2 is 2.03 bits per heavy atom. The number of nitrogens with one attached hydrogen (secondary N) is 1. The van der Waals surface area contributed by atoms with E-state index in [9.17, 15) is 14.7 Å². The minimum atomic E-state index is -0.807. The number of para-hydroxylation sites is 1. The van der Waals surface area contributed by atoms with Crippen LogP contribution in [0.4, 0.5) is 0 Å². The highest BCUT2D eigenvalue weighted by Gasteiger charge is 2.55. The van der Waals surface area contributed by atoms with Gasteiger partial charge >= 0.3 is 5.97 Å². The van der Waals surface area contributed by atoms with E-state index < -0.39 is 11.6 Å². The van der Waals surface area contributed by atoms with Crippen molar-refractivity contribution >= 4 is 11.9 Å². The van der Waals surface area contributed by atoms with Gasteiger partial charge in [-0.1, -0.05) is 18.2 Å². The Hall–Kier alpha value is -2.12. The van der Waals surface area contributed by atoms with Crippen molar-refractivity contribution < 1.29 is 24.2 Å². The number of ether oxygens (including phenoxy) is 2. The van der Waals surface area contributed by atoms with Crippen molar-refractivity contribution in [3.8, 4) is 5.75 Å². The first-order valence-corrected chi connectivity index (χ1v) is 12.5. The molecule has 5 rings (SSSR count). The lowest BCUT2D eigenvalue weighted by Gasteiger charge is -2.55. The molecule has 4 aliphatic rings. The third-order valence-electron chi connectivity index (χ3n) is 8.44. The monoisotopic (exact) mass is 456 g/mol. The van der Waals surface area contributed by atoms with Crippen LogP contribution in [0.2, 0.25) is 0 Å². The van der Waals surface area contributed by atoms with Gasteiger partial charge < -0.3 is 24.8 Å². The lowest BCUT2D eigenvalue weighted by Crippen LogP contribution is -2.58. The van der Waals surface area contributed by atoms with Gasteiger partial charge in [0.2, 0.25) is 5.91 Å². The molecule has 0 saturated carbocycles. The molecule has 1 spiro atoms. The standard InChI is InChI=1S/C26H36N2O5/c1-25(11-7-22(29)30)20-15-26(17-32-23(20)19-5-2-3-6-21(19)33-25)10-4-14-28(16-26)24(31)18-8-12-27-13-9-18/h2-3,5-6,18,20,23,27H,4,7-17H2,1H3,(H,29,30)/t20-,23+,25-,26-/m1/s1. The highest BCUT2D eigenvalue weighted by atomic mass is 16.5. The number of aliphatic carboxylic acids is 1. The molecular formula is C26H36N2O5.